The molecule has 2 rings (SSSR count). The van der Waals surface area contributed by atoms with Crippen LogP contribution in [0.15, 0.2) is 18.2 Å². The molecule has 1 N–H and O–H groups in total. The van der Waals surface area contributed by atoms with Gasteiger partial charge < -0.3 is 10.1 Å². The van der Waals surface area contributed by atoms with E-state index in [4.69, 9.17) is 16.3 Å². The molecule has 0 aliphatic carbocycles. The van der Waals surface area contributed by atoms with Crippen molar-refractivity contribution in [1.29, 1.82) is 0 Å². The van der Waals surface area contributed by atoms with Gasteiger partial charge in [-0.3, -0.25) is 0 Å². The van der Waals surface area contributed by atoms with Crippen LogP contribution in [0.3, 0.4) is 0 Å². The summed E-state index contributed by atoms with van der Waals surface area (Å²) in [5.74, 6) is 0. The smallest absolute Gasteiger partial charge is 0.0740 e. The molecule has 0 bridgehead atoms. The molecule has 0 radical (unpaired) electrons. The number of morpholine rings is 1. The first-order valence-corrected chi connectivity index (χ1v) is 6.46. The average molecular weight is 254 g/mol. The van der Waals surface area contributed by atoms with Gasteiger partial charge in [-0.15, -0.1) is 0 Å². The Labute approximate surface area is 108 Å². The molecule has 3 heteroatoms. The van der Waals surface area contributed by atoms with E-state index in [1.807, 2.05) is 12.1 Å². The summed E-state index contributed by atoms with van der Waals surface area (Å²) in [5.41, 5.74) is 2.66. The fourth-order valence-corrected chi connectivity index (χ4v) is 2.32. The Kier molecular flexibility index (Phi) is 3.76. The molecule has 1 aliphatic rings. The number of hydrogen-bond donors (Lipinski definition) is 1. The maximum absolute atomic E-state index is 5.95. The highest BCUT2D eigenvalue weighted by Crippen LogP contribution is 2.19. The fraction of sp³-hybridized carbons (Fsp3) is 0.571. The molecule has 1 unspecified atom stereocenters. The molecule has 1 aromatic rings. The summed E-state index contributed by atoms with van der Waals surface area (Å²) in [4.78, 5) is 0. The number of benzene rings is 1. The van der Waals surface area contributed by atoms with Gasteiger partial charge in [0.25, 0.3) is 0 Å². The molecule has 0 aromatic heterocycles. The number of nitrogens with one attached hydrogen (secondary N) is 1. The van der Waals surface area contributed by atoms with Gasteiger partial charge in [0.2, 0.25) is 0 Å². The zero-order valence-corrected chi connectivity index (χ0v) is 11.5. The molecule has 2 nitrogen and oxygen atoms in total. The third-order valence-corrected chi connectivity index (χ3v) is 3.48. The second-order valence-corrected chi connectivity index (χ2v) is 5.91. The van der Waals surface area contributed by atoms with Gasteiger partial charge in [0.05, 0.1) is 12.7 Å². The van der Waals surface area contributed by atoms with Crippen LogP contribution in [0.1, 0.15) is 25.0 Å². The molecule has 0 saturated carbocycles. The van der Waals surface area contributed by atoms with Gasteiger partial charge >= 0.3 is 0 Å². The monoisotopic (exact) mass is 253 g/mol. The van der Waals surface area contributed by atoms with Crippen LogP contribution in [0.2, 0.25) is 5.02 Å². The van der Waals surface area contributed by atoms with Gasteiger partial charge in [0.15, 0.2) is 0 Å². The quantitative estimate of drug-likeness (QED) is 0.875. The Morgan fingerprint density at radius 3 is 2.82 bits per heavy atom. The molecule has 1 aromatic carbocycles. The van der Waals surface area contributed by atoms with E-state index in [1.54, 1.807) is 0 Å². The number of aryl methyl sites for hydroxylation is 1. The van der Waals surface area contributed by atoms with Crippen molar-refractivity contribution in [1.82, 2.24) is 5.32 Å². The van der Waals surface area contributed by atoms with E-state index in [1.165, 1.54) is 11.1 Å². The third-order valence-electron chi connectivity index (χ3n) is 3.24. The Hall–Kier alpha value is -0.570. The second kappa shape index (κ2) is 4.97. The molecule has 1 heterocycles. The summed E-state index contributed by atoms with van der Waals surface area (Å²) >= 11 is 5.95. The predicted molar refractivity (Wildman–Crippen MR) is 71.7 cm³/mol. The number of halogens is 1. The van der Waals surface area contributed by atoms with Crippen molar-refractivity contribution in [2.45, 2.75) is 38.8 Å². The average Bonchev–Trinajstić information content (AvgIpc) is 2.25. The summed E-state index contributed by atoms with van der Waals surface area (Å²) in [6.45, 7) is 8.11. The number of rotatable bonds is 2. The van der Waals surface area contributed by atoms with E-state index in [0.29, 0.717) is 0 Å². The standard InChI is InChI=1S/C14H20ClNO/c1-10-6-12(15)5-4-11(10)7-13-8-16-14(2,3)9-17-13/h4-6,13,16H,7-9H2,1-3H3. The molecular weight excluding hydrogens is 234 g/mol. The molecular formula is C14H20ClNO. The maximum atomic E-state index is 5.95. The van der Waals surface area contributed by atoms with Gasteiger partial charge in [-0.1, -0.05) is 17.7 Å². The first kappa shape index (κ1) is 12.9. The largest absolute Gasteiger partial charge is 0.375 e. The molecule has 1 fully saturated rings. The van der Waals surface area contributed by atoms with E-state index in [0.717, 1.165) is 24.6 Å². The molecule has 94 valence electrons. The van der Waals surface area contributed by atoms with Crippen molar-refractivity contribution in [3.63, 3.8) is 0 Å². The summed E-state index contributed by atoms with van der Waals surface area (Å²) in [5, 5.41) is 4.31. The molecule has 0 amide bonds. The van der Waals surface area contributed by atoms with Crippen LogP contribution in [0.25, 0.3) is 0 Å². The third kappa shape index (κ3) is 3.44. The van der Waals surface area contributed by atoms with Crippen molar-refractivity contribution in [2.24, 2.45) is 0 Å². The minimum Gasteiger partial charge on any atom is -0.375 e. The van der Waals surface area contributed by atoms with Crippen LogP contribution in [0.5, 0.6) is 0 Å². The van der Waals surface area contributed by atoms with Gasteiger partial charge in [-0.2, -0.15) is 0 Å². The molecule has 1 aliphatic heterocycles. The zero-order chi connectivity index (χ0) is 12.5. The van der Waals surface area contributed by atoms with Crippen molar-refractivity contribution in [3.05, 3.63) is 34.3 Å². The van der Waals surface area contributed by atoms with E-state index in [-0.39, 0.29) is 11.6 Å². The second-order valence-electron chi connectivity index (χ2n) is 5.47. The first-order chi connectivity index (χ1) is 7.96. The lowest BCUT2D eigenvalue weighted by Crippen LogP contribution is -2.53. The van der Waals surface area contributed by atoms with Crippen LogP contribution in [-0.4, -0.2) is 24.8 Å². The molecule has 0 spiro atoms. The van der Waals surface area contributed by atoms with E-state index < -0.39 is 0 Å². The highest BCUT2D eigenvalue weighted by Gasteiger charge is 2.26. The van der Waals surface area contributed by atoms with Crippen LogP contribution >= 0.6 is 11.6 Å². The van der Waals surface area contributed by atoms with Crippen molar-refractivity contribution >= 4 is 11.6 Å². The van der Waals surface area contributed by atoms with Crippen LogP contribution in [0.4, 0.5) is 0 Å². The fourth-order valence-electron chi connectivity index (χ4n) is 2.09. The number of ether oxygens (including phenoxy) is 1. The zero-order valence-electron chi connectivity index (χ0n) is 10.7. The number of hydrogen-bond acceptors (Lipinski definition) is 2. The van der Waals surface area contributed by atoms with Crippen molar-refractivity contribution < 1.29 is 4.74 Å². The normalized spacial score (nSPS) is 23.6. The Morgan fingerprint density at radius 2 is 2.24 bits per heavy atom. The summed E-state index contributed by atoms with van der Waals surface area (Å²) in [6, 6.07) is 6.06. The topological polar surface area (TPSA) is 21.3 Å². The summed E-state index contributed by atoms with van der Waals surface area (Å²) in [7, 11) is 0. The molecule has 1 atom stereocenters. The Morgan fingerprint density at radius 1 is 1.47 bits per heavy atom. The van der Waals surface area contributed by atoms with Crippen molar-refractivity contribution in [2.75, 3.05) is 13.2 Å². The van der Waals surface area contributed by atoms with Crippen molar-refractivity contribution in [3.8, 4) is 0 Å². The summed E-state index contributed by atoms with van der Waals surface area (Å²) < 4.78 is 5.89. The Bertz CT molecular complexity index is 393. The lowest BCUT2D eigenvalue weighted by molar-refractivity contribution is -0.0207. The van der Waals surface area contributed by atoms with Gasteiger partial charge in [-0.25, -0.2) is 0 Å². The molecule has 1 saturated heterocycles. The van der Waals surface area contributed by atoms with E-state index >= 15 is 0 Å². The maximum Gasteiger partial charge on any atom is 0.0740 e. The lowest BCUT2D eigenvalue weighted by Gasteiger charge is -2.36. The van der Waals surface area contributed by atoms with Crippen LogP contribution in [0, 0.1) is 6.92 Å². The van der Waals surface area contributed by atoms with E-state index in [2.05, 4.69) is 32.2 Å². The van der Waals surface area contributed by atoms with Gasteiger partial charge in [-0.05, 0) is 44.0 Å². The first-order valence-electron chi connectivity index (χ1n) is 6.08. The van der Waals surface area contributed by atoms with E-state index in [9.17, 15) is 0 Å². The highest BCUT2D eigenvalue weighted by atomic mass is 35.5. The predicted octanol–water partition coefficient (Wildman–Crippen LogP) is 2.96. The summed E-state index contributed by atoms with van der Waals surface area (Å²) in [6.07, 6.45) is 1.22. The SMILES string of the molecule is Cc1cc(Cl)ccc1CC1CNC(C)(C)CO1. The molecule has 17 heavy (non-hydrogen) atoms. The minimum absolute atomic E-state index is 0.103. The van der Waals surface area contributed by atoms with Crippen LogP contribution < -0.4 is 5.32 Å². The minimum atomic E-state index is 0.103. The highest BCUT2D eigenvalue weighted by molar-refractivity contribution is 6.30. The van der Waals surface area contributed by atoms with Crippen LogP contribution in [-0.2, 0) is 11.2 Å². The Balaban J connectivity index is 1.98. The lowest BCUT2D eigenvalue weighted by atomic mass is 9.99. The van der Waals surface area contributed by atoms with Gasteiger partial charge in [0, 0.05) is 23.5 Å². The van der Waals surface area contributed by atoms with Gasteiger partial charge in [0.1, 0.15) is 0 Å².